The summed E-state index contributed by atoms with van der Waals surface area (Å²) < 4.78 is 5.30. The van der Waals surface area contributed by atoms with Crippen molar-refractivity contribution in [2.75, 3.05) is 17.3 Å². The number of hydrazine groups is 1. The Morgan fingerprint density at radius 1 is 1.19 bits per heavy atom. The molecule has 0 aliphatic rings. The van der Waals surface area contributed by atoms with Gasteiger partial charge in [-0.15, -0.1) is 11.3 Å². The average Bonchev–Trinajstić information content (AvgIpc) is 2.78. The Kier molecular flexibility index (Phi) is 4.86. The van der Waals surface area contributed by atoms with E-state index in [0.717, 1.165) is 15.6 Å². The van der Waals surface area contributed by atoms with Gasteiger partial charge in [0.15, 0.2) is 0 Å². The van der Waals surface area contributed by atoms with Crippen molar-refractivity contribution in [1.82, 2.24) is 19.9 Å². The smallest absolute Gasteiger partial charge is 0.323 e. The molecule has 0 aliphatic carbocycles. The summed E-state index contributed by atoms with van der Waals surface area (Å²) in [6, 6.07) is 0.256. The Morgan fingerprint density at radius 2 is 1.90 bits per heavy atom. The first-order chi connectivity index (χ1) is 10.0. The maximum absolute atomic E-state index is 5.36. The van der Waals surface area contributed by atoms with Crippen LogP contribution in [0.4, 0.5) is 11.9 Å². The minimum Gasteiger partial charge on any atom is -0.464 e. The molecule has 4 N–H and O–H groups in total. The molecule has 2 aromatic rings. The van der Waals surface area contributed by atoms with Crippen LogP contribution < -0.4 is 21.3 Å². The number of hydrogen-bond donors (Lipinski definition) is 3. The molecule has 0 spiro atoms. The van der Waals surface area contributed by atoms with Gasteiger partial charge < -0.3 is 10.1 Å². The van der Waals surface area contributed by atoms with Gasteiger partial charge in [0.25, 0.3) is 0 Å². The molecule has 0 saturated carbocycles. The number of aryl methyl sites for hydroxylation is 2. The first-order valence-corrected chi connectivity index (χ1v) is 7.41. The zero-order valence-electron chi connectivity index (χ0n) is 12.5. The summed E-state index contributed by atoms with van der Waals surface area (Å²) in [6.45, 7) is 8.33. The molecule has 0 bridgehead atoms. The summed E-state index contributed by atoms with van der Waals surface area (Å²) >= 11 is 1.65. The number of thiazole rings is 1. The lowest BCUT2D eigenvalue weighted by molar-refractivity contribution is 0.312. The van der Waals surface area contributed by atoms with Gasteiger partial charge in [0.1, 0.15) is 0 Å². The maximum atomic E-state index is 5.36. The highest BCUT2D eigenvalue weighted by molar-refractivity contribution is 7.11. The van der Waals surface area contributed by atoms with Gasteiger partial charge in [-0.1, -0.05) is 0 Å². The summed E-state index contributed by atoms with van der Waals surface area (Å²) in [6.07, 6.45) is 0. The number of aromatic nitrogens is 4. The molecule has 2 heterocycles. The van der Waals surface area contributed by atoms with Crippen molar-refractivity contribution in [2.45, 2.75) is 33.7 Å². The third-order valence-corrected chi connectivity index (χ3v) is 3.95. The molecule has 0 fully saturated rings. The molecule has 8 nitrogen and oxygen atoms in total. The number of rotatable bonds is 6. The molecule has 0 radical (unpaired) electrons. The third kappa shape index (κ3) is 3.76. The van der Waals surface area contributed by atoms with E-state index in [-0.39, 0.29) is 18.0 Å². The zero-order chi connectivity index (χ0) is 15.4. The van der Waals surface area contributed by atoms with Crippen LogP contribution in [0.15, 0.2) is 0 Å². The van der Waals surface area contributed by atoms with Crippen LogP contribution in [0.5, 0.6) is 6.01 Å². The van der Waals surface area contributed by atoms with E-state index in [4.69, 9.17) is 10.6 Å². The van der Waals surface area contributed by atoms with E-state index in [1.165, 1.54) is 0 Å². The van der Waals surface area contributed by atoms with Crippen LogP contribution in [0, 0.1) is 13.8 Å². The van der Waals surface area contributed by atoms with Crippen LogP contribution >= 0.6 is 11.3 Å². The summed E-state index contributed by atoms with van der Waals surface area (Å²) in [7, 11) is 0. The monoisotopic (exact) mass is 309 g/mol. The van der Waals surface area contributed by atoms with Gasteiger partial charge in [0.05, 0.1) is 23.4 Å². The molecule has 0 amide bonds. The van der Waals surface area contributed by atoms with Gasteiger partial charge in [-0.25, -0.2) is 10.8 Å². The van der Waals surface area contributed by atoms with E-state index < -0.39 is 0 Å². The van der Waals surface area contributed by atoms with Crippen molar-refractivity contribution in [3.63, 3.8) is 0 Å². The fourth-order valence-corrected chi connectivity index (χ4v) is 2.82. The largest absolute Gasteiger partial charge is 0.464 e. The lowest BCUT2D eigenvalue weighted by atomic mass is 10.2. The van der Waals surface area contributed by atoms with E-state index in [9.17, 15) is 0 Å². The molecule has 0 aliphatic heterocycles. The molecule has 0 saturated heterocycles. The van der Waals surface area contributed by atoms with E-state index in [0.29, 0.717) is 12.6 Å². The van der Waals surface area contributed by atoms with Crippen molar-refractivity contribution in [1.29, 1.82) is 0 Å². The minimum atomic E-state index is 0.0266. The van der Waals surface area contributed by atoms with Gasteiger partial charge >= 0.3 is 6.01 Å². The Morgan fingerprint density at radius 3 is 2.48 bits per heavy atom. The predicted molar refractivity (Wildman–Crippen MR) is 82.4 cm³/mol. The molecular formula is C12H19N7OS. The molecule has 9 heteroatoms. The minimum absolute atomic E-state index is 0.0266. The second kappa shape index (κ2) is 6.64. The van der Waals surface area contributed by atoms with Crippen molar-refractivity contribution in [3.8, 4) is 6.01 Å². The standard InChI is InChI=1S/C12H19N7OS/c1-5-20-12-17-10(16-11(18-12)19-13)15-7(3)9-6(2)14-8(4)21-9/h7H,5,13H2,1-4H3,(H2,15,16,17,18,19). The second-order valence-corrected chi connectivity index (χ2v) is 5.63. The normalized spacial score (nSPS) is 12.0. The number of ether oxygens (including phenoxy) is 1. The number of nitrogens with zero attached hydrogens (tertiary/aromatic N) is 4. The van der Waals surface area contributed by atoms with Gasteiger partial charge in [-0.05, 0) is 27.7 Å². The molecule has 21 heavy (non-hydrogen) atoms. The van der Waals surface area contributed by atoms with Crippen LogP contribution in [0.2, 0.25) is 0 Å². The Hall–Kier alpha value is -2.00. The highest BCUT2D eigenvalue weighted by atomic mass is 32.1. The molecule has 2 rings (SSSR count). The van der Waals surface area contributed by atoms with Crippen molar-refractivity contribution in [3.05, 3.63) is 15.6 Å². The lowest BCUT2D eigenvalue weighted by Gasteiger charge is -2.14. The van der Waals surface area contributed by atoms with Crippen LogP contribution in [0.25, 0.3) is 0 Å². The van der Waals surface area contributed by atoms with Gasteiger partial charge in [0, 0.05) is 4.88 Å². The van der Waals surface area contributed by atoms with E-state index >= 15 is 0 Å². The molecular weight excluding hydrogens is 290 g/mol. The summed E-state index contributed by atoms with van der Waals surface area (Å²) in [5.41, 5.74) is 3.41. The number of nitrogens with two attached hydrogens (primary N) is 1. The Labute approximate surface area is 127 Å². The number of nitrogen functional groups attached to an aromatic ring is 1. The van der Waals surface area contributed by atoms with Crippen molar-refractivity contribution in [2.24, 2.45) is 5.84 Å². The fraction of sp³-hybridized carbons (Fsp3) is 0.500. The Bertz CT molecular complexity index is 616. The Balaban J connectivity index is 2.21. The zero-order valence-corrected chi connectivity index (χ0v) is 13.3. The number of anilines is 2. The quantitative estimate of drug-likeness (QED) is 0.547. The molecule has 0 aromatic carbocycles. The second-order valence-electron chi connectivity index (χ2n) is 4.39. The van der Waals surface area contributed by atoms with Crippen LogP contribution in [-0.4, -0.2) is 26.5 Å². The predicted octanol–water partition coefficient (Wildman–Crippen LogP) is 1.80. The van der Waals surface area contributed by atoms with E-state index in [1.807, 2.05) is 27.7 Å². The fourth-order valence-electron chi connectivity index (χ4n) is 1.89. The summed E-state index contributed by atoms with van der Waals surface area (Å²) in [5.74, 6) is 6.01. The first-order valence-electron chi connectivity index (χ1n) is 6.59. The molecule has 2 aromatic heterocycles. The van der Waals surface area contributed by atoms with Crippen LogP contribution in [-0.2, 0) is 0 Å². The van der Waals surface area contributed by atoms with Gasteiger partial charge in [0.2, 0.25) is 11.9 Å². The van der Waals surface area contributed by atoms with Crippen LogP contribution in [0.3, 0.4) is 0 Å². The number of hydrogen-bond acceptors (Lipinski definition) is 9. The molecule has 1 atom stereocenters. The molecule has 114 valence electrons. The SMILES string of the molecule is CCOc1nc(NN)nc(NC(C)c2sc(C)nc2C)n1. The summed E-state index contributed by atoms with van der Waals surface area (Å²) in [5, 5.41) is 4.25. The maximum Gasteiger partial charge on any atom is 0.323 e. The summed E-state index contributed by atoms with van der Waals surface area (Å²) in [4.78, 5) is 18.0. The van der Waals surface area contributed by atoms with Gasteiger partial charge in [-0.2, -0.15) is 15.0 Å². The van der Waals surface area contributed by atoms with E-state index in [1.54, 1.807) is 11.3 Å². The highest BCUT2D eigenvalue weighted by Crippen LogP contribution is 2.27. The van der Waals surface area contributed by atoms with E-state index in [2.05, 4.69) is 30.7 Å². The molecule has 1 unspecified atom stereocenters. The highest BCUT2D eigenvalue weighted by Gasteiger charge is 2.15. The van der Waals surface area contributed by atoms with Crippen LogP contribution in [0.1, 0.15) is 35.5 Å². The van der Waals surface area contributed by atoms with Crippen molar-refractivity contribution < 1.29 is 4.74 Å². The topological polar surface area (TPSA) is 111 Å². The first kappa shape index (κ1) is 15.4. The number of nitrogens with one attached hydrogen (secondary N) is 2. The third-order valence-electron chi connectivity index (χ3n) is 2.70. The van der Waals surface area contributed by atoms with Crippen molar-refractivity contribution >= 4 is 23.2 Å². The lowest BCUT2D eigenvalue weighted by Crippen LogP contribution is -2.16. The van der Waals surface area contributed by atoms with Gasteiger partial charge in [-0.3, -0.25) is 5.43 Å². The average molecular weight is 309 g/mol.